The first-order valence-electron chi connectivity index (χ1n) is 8.42. The van der Waals surface area contributed by atoms with E-state index in [0.29, 0.717) is 6.04 Å². The molecule has 0 bridgehead atoms. The quantitative estimate of drug-likeness (QED) is 0.791. The van der Waals surface area contributed by atoms with Gasteiger partial charge in [-0.3, -0.25) is 0 Å². The predicted octanol–water partition coefficient (Wildman–Crippen LogP) is 4.71. The first kappa shape index (κ1) is 15.6. The van der Waals surface area contributed by atoms with Gasteiger partial charge >= 0.3 is 0 Å². The Hall–Kier alpha value is -0.820. The second kappa shape index (κ2) is 7.26. The van der Waals surface area contributed by atoms with E-state index in [4.69, 9.17) is 0 Å². The molecule has 1 aliphatic carbocycles. The summed E-state index contributed by atoms with van der Waals surface area (Å²) in [6.07, 6.45) is 8.15. The molecule has 20 heavy (non-hydrogen) atoms. The second-order valence-corrected chi connectivity index (χ2v) is 6.69. The zero-order chi connectivity index (χ0) is 14.5. The van der Waals surface area contributed by atoms with E-state index in [2.05, 4.69) is 45.1 Å². The van der Waals surface area contributed by atoms with Gasteiger partial charge in [-0.1, -0.05) is 37.5 Å². The van der Waals surface area contributed by atoms with Gasteiger partial charge in [0, 0.05) is 6.04 Å². The summed E-state index contributed by atoms with van der Waals surface area (Å²) in [5, 5.41) is 3.83. The van der Waals surface area contributed by atoms with Crippen molar-refractivity contribution in [3.8, 4) is 0 Å². The van der Waals surface area contributed by atoms with Gasteiger partial charge in [0.25, 0.3) is 0 Å². The van der Waals surface area contributed by atoms with E-state index in [1.165, 1.54) is 55.2 Å². The fraction of sp³-hybridized carbons (Fsp3) is 0.684. The van der Waals surface area contributed by atoms with Gasteiger partial charge < -0.3 is 5.32 Å². The molecule has 0 spiro atoms. The zero-order valence-corrected chi connectivity index (χ0v) is 13.8. The van der Waals surface area contributed by atoms with Crippen LogP contribution in [0.15, 0.2) is 12.1 Å². The third-order valence-corrected chi connectivity index (χ3v) is 4.89. The lowest BCUT2D eigenvalue weighted by Gasteiger charge is -2.26. The maximum atomic E-state index is 3.83. The lowest BCUT2D eigenvalue weighted by atomic mass is 9.88. The second-order valence-electron chi connectivity index (χ2n) is 6.69. The Morgan fingerprint density at radius 1 is 1.10 bits per heavy atom. The highest BCUT2D eigenvalue weighted by molar-refractivity contribution is 5.38. The summed E-state index contributed by atoms with van der Waals surface area (Å²) in [7, 11) is 0. The number of nitrogens with one attached hydrogen (secondary N) is 1. The molecule has 0 aromatic heterocycles. The minimum atomic E-state index is 0.678. The van der Waals surface area contributed by atoms with Gasteiger partial charge in [0.2, 0.25) is 0 Å². The summed E-state index contributed by atoms with van der Waals surface area (Å²) in [5.74, 6) is 0.890. The van der Waals surface area contributed by atoms with Gasteiger partial charge in [-0.05, 0) is 75.6 Å². The Balaban J connectivity index is 2.14. The summed E-state index contributed by atoms with van der Waals surface area (Å²) in [4.78, 5) is 0. The average molecular weight is 273 g/mol. The normalized spacial score (nSPS) is 17.6. The minimum Gasteiger partial charge on any atom is -0.313 e. The molecule has 0 saturated heterocycles. The number of rotatable bonds is 6. The number of hydrogen-bond donors (Lipinski definition) is 1. The van der Waals surface area contributed by atoms with Gasteiger partial charge in [0.05, 0.1) is 0 Å². The van der Waals surface area contributed by atoms with Crippen LogP contribution in [0.5, 0.6) is 0 Å². The standard InChI is InChI=1S/C19H31N/c1-5-10-20-19(17-8-6-7-9-17)13-18-15(3)11-14(2)12-16(18)4/h11-12,17,19-20H,5-10,13H2,1-4H3. The number of benzene rings is 1. The van der Waals surface area contributed by atoms with Crippen LogP contribution >= 0.6 is 0 Å². The van der Waals surface area contributed by atoms with Crippen LogP contribution in [0.3, 0.4) is 0 Å². The molecule has 1 fully saturated rings. The molecule has 0 aliphatic heterocycles. The molecule has 1 atom stereocenters. The van der Waals surface area contributed by atoms with Crippen molar-refractivity contribution in [3.05, 3.63) is 34.4 Å². The van der Waals surface area contributed by atoms with Crippen LogP contribution in [0.2, 0.25) is 0 Å². The highest BCUT2D eigenvalue weighted by atomic mass is 14.9. The SMILES string of the molecule is CCCNC(Cc1c(C)cc(C)cc1C)C1CCCC1. The van der Waals surface area contributed by atoms with Crippen molar-refractivity contribution in [3.63, 3.8) is 0 Å². The topological polar surface area (TPSA) is 12.0 Å². The van der Waals surface area contributed by atoms with Crippen molar-refractivity contribution >= 4 is 0 Å². The molecule has 2 rings (SSSR count). The van der Waals surface area contributed by atoms with E-state index in [0.717, 1.165) is 12.5 Å². The lowest BCUT2D eigenvalue weighted by molar-refractivity contribution is 0.356. The maximum Gasteiger partial charge on any atom is 0.0136 e. The van der Waals surface area contributed by atoms with Crippen LogP contribution in [0.4, 0.5) is 0 Å². The first-order valence-corrected chi connectivity index (χ1v) is 8.42. The van der Waals surface area contributed by atoms with Crippen molar-refractivity contribution in [2.75, 3.05) is 6.54 Å². The van der Waals surface area contributed by atoms with Gasteiger partial charge in [-0.2, -0.15) is 0 Å². The lowest BCUT2D eigenvalue weighted by Crippen LogP contribution is -2.38. The van der Waals surface area contributed by atoms with Gasteiger partial charge in [-0.25, -0.2) is 0 Å². The van der Waals surface area contributed by atoms with Crippen LogP contribution in [0, 0.1) is 26.7 Å². The molecule has 1 unspecified atom stereocenters. The molecule has 1 aromatic carbocycles. The van der Waals surface area contributed by atoms with E-state index in [9.17, 15) is 0 Å². The summed E-state index contributed by atoms with van der Waals surface area (Å²) >= 11 is 0. The van der Waals surface area contributed by atoms with E-state index in [1.807, 2.05) is 0 Å². The fourth-order valence-corrected chi connectivity index (χ4v) is 3.85. The molecule has 1 heteroatoms. The molecule has 1 aromatic rings. The van der Waals surface area contributed by atoms with Crippen molar-refractivity contribution in [2.24, 2.45) is 5.92 Å². The van der Waals surface area contributed by atoms with Crippen LogP contribution in [0.25, 0.3) is 0 Å². The zero-order valence-electron chi connectivity index (χ0n) is 13.8. The van der Waals surface area contributed by atoms with Crippen LogP contribution in [-0.2, 0) is 6.42 Å². The van der Waals surface area contributed by atoms with Crippen molar-refractivity contribution in [2.45, 2.75) is 72.3 Å². The Kier molecular flexibility index (Phi) is 5.65. The van der Waals surface area contributed by atoms with Crippen LogP contribution < -0.4 is 5.32 Å². The molecule has 1 aliphatic rings. The Morgan fingerprint density at radius 3 is 2.25 bits per heavy atom. The first-order chi connectivity index (χ1) is 9.61. The van der Waals surface area contributed by atoms with Gasteiger partial charge in [0.15, 0.2) is 0 Å². The largest absolute Gasteiger partial charge is 0.313 e. The average Bonchev–Trinajstić information content (AvgIpc) is 2.91. The van der Waals surface area contributed by atoms with E-state index < -0.39 is 0 Å². The molecule has 112 valence electrons. The van der Waals surface area contributed by atoms with Crippen molar-refractivity contribution < 1.29 is 0 Å². The number of aryl methyl sites for hydroxylation is 3. The van der Waals surface area contributed by atoms with E-state index in [-0.39, 0.29) is 0 Å². The summed E-state index contributed by atoms with van der Waals surface area (Å²) in [5.41, 5.74) is 5.92. The highest BCUT2D eigenvalue weighted by Crippen LogP contribution is 2.30. The van der Waals surface area contributed by atoms with E-state index in [1.54, 1.807) is 5.56 Å². The summed E-state index contributed by atoms with van der Waals surface area (Å²) < 4.78 is 0. The third-order valence-electron chi connectivity index (χ3n) is 4.89. The molecule has 1 saturated carbocycles. The van der Waals surface area contributed by atoms with E-state index >= 15 is 0 Å². The molecular weight excluding hydrogens is 242 g/mol. The van der Waals surface area contributed by atoms with Crippen molar-refractivity contribution in [1.82, 2.24) is 5.32 Å². The fourth-order valence-electron chi connectivity index (χ4n) is 3.85. The van der Waals surface area contributed by atoms with Crippen molar-refractivity contribution in [1.29, 1.82) is 0 Å². The highest BCUT2D eigenvalue weighted by Gasteiger charge is 2.25. The summed E-state index contributed by atoms with van der Waals surface area (Å²) in [6.45, 7) is 10.2. The van der Waals surface area contributed by atoms with Gasteiger partial charge in [-0.15, -0.1) is 0 Å². The molecule has 0 radical (unpaired) electrons. The monoisotopic (exact) mass is 273 g/mol. The summed E-state index contributed by atoms with van der Waals surface area (Å²) in [6, 6.07) is 5.36. The molecule has 1 N–H and O–H groups in total. The van der Waals surface area contributed by atoms with Crippen LogP contribution in [-0.4, -0.2) is 12.6 Å². The Labute approximate surface area is 125 Å². The predicted molar refractivity (Wildman–Crippen MR) is 88.4 cm³/mol. The molecular formula is C19H31N. The maximum absolute atomic E-state index is 3.83. The smallest absolute Gasteiger partial charge is 0.0136 e. The molecule has 0 amide bonds. The molecule has 0 heterocycles. The Bertz CT molecular complexity index is 406. The number of hydrogen-bond acceptors (Lipinski definition) is 1. The van der Waals surface area contributed by atoms with Crippen LogP contribution in [0.1, 0.15) is 61.3 Å². The molecule has 1 nitrogen and oxygen atoms in total. The third kappa shape index (κ3) is 3.85. The van der Waals surface area contributed by atoms with Gasteiger partial charge in [0.1, 0.15) is 0 Å². The minimum absolute atomic E-state index is 0.678. The Morgan fingerprint density at radius 2 is 1.70 bits per heavy atom.